The van der Waals surface area contributed by atoms with Crippen molar-refractivity contribution in [2.24, 2.45) is 0 Å². The molecule has 0 rings (SSSR count). The number of quaternary nitrogens is 2. The Hall–Kier alpha value is -3.28. The van der Waals surface area contributed by atoms with Crippen molar-refractivity contribution in [3.63, 3.8) is 0 Å². The number of rotatable bonds is 77. The maximum absolute atomic E-state index is 12.6. The minimum absolute atomic E-state index is 0.0294. The van der Waals surface area contributed by atoms with Gasteiger partial charge in [-0.05, 0) is 116 Å². The lowest BCUT2D eigenvalue weighted by Gasteiger charge is -2.28. The minimum Gasteiger partial charge on any atom is -0.756 e. The average Bonchev–Trinajstić information content (AvgIpc) is 0.909. The molecule has 0 radical (unpaired) electrons. The van der Waals surface area contributed by atoms with Crippen LogP contribution in [-0.2, 0) is 65.4 Å². The molecular formula is C86H162N2O16P2. The SMILES string of the molecule is CCCCC/C=C\C/C=C\CCCCCCCC(=O)OCC(COP(=O)([O-])OCC[N+](C)(C)C)OC(=O)CCCCCCC/C=C\C/C=C\CCCCC.CCCCCCCC/C=C\CCCCCCCC(=O)O[C@H](COC(=O)CCCCCCCCCCCCCCC)COP(=O)([O-])OCC[N+](C)(C)C. The second-order valence-corrected chi connectivity index (χ2v) is 33.9. The molecule has 0 aliphatic heterocycles. The fourth-order valence-corrected chi connectivity index (χ4v) is 12.8. The Bertz CT molecular complexity index is 2280. The van der Waals surface area contributed by atoms with E-state index in [2.05, 4.69) is 88.5 Å². The molecule has 622 valence electrons. The summed E-state index contributed by atoms with van der Waals surface area (Å²) in [6.45, 7) is 8.35. The number of ether oxygens (including phenoxy) is 4. The second kappa shape index (κ2) is 75.7. The number of hydrogen-bond acceptors (Lipinski definition) is 16. The van der Waals surface area contributed by atoms with Gasteiger partial charge in [0.05, 0.1) is 55.5 Å². The molecule has 0 aromatic rings. The lowest BCUT2D eigenvalue weighted by Crippen LogP contribution is -2.37. The molecule has 3 unspecified atom stereocenters. The normalized spacial score (nSPS) is 13.9. The van der Waals surface area contributed by atoms with Crippen LogP contribution in [0.2, 0.25) is 0 Å². The van der Waals surface area contributed by atoms with Gasteiger partial charge in [0.25, 0.3) is 15.6 Å². The van der Waals surface area contributed by atoms with Crippen molar-refractivity contribution in [3.05, 3.63) is 60.8 Å². The lowest BCUT2D eigenvalue weighted by atomic mass is 10.0. The van der Waals surface area contributed by atoms with Gasteiger partial charge in [0.15, 0.2) is 12.2 Å². The maximum Gasteiger partial charge on any atom is 0.306 e. The number of esters is 4. The van der Waals surface area contributed by atoms with Crippen LogP contribution in [0.1, 0.15) is 362 Å². The highest BCUT2D eigenvalue weighted by Gasteiger charge is 2.24. The van der Waals surface area contributed by atoms with Crippen molar-refractivity contribution in [2.45, 2.75) is 374 Å². The molecule has 0 bridgehead atoms. The first-order valence-corrected chi connectivity index (χ1v) is 45.7. The maximum atomic E-state index is 12.6. The highest BCUT2D eigenvalue weighted by atomic mass is 31.2. The largest absolute Gasteiger partial charge is 0.756 e. The Labute approximate surface area is 649 Å². The molecule has 18 nitrogen and oxygen atoms in total. The molecule has 0 saturated heterocycles. The van der Waals surface area contributed by atoms with Crippen molar-refractivity contribution >= 4 is 39.5 Å². The molecule has 0 amide bonds. The number of hydrogen-bond donors (Lipinski definition) is 0. The third-order valence-corrected chi connectivity index (χ3v) is 20.0. The first-order valence-electron chi connectivity index (χ1n) is 42.7. The first-order chi connectivity index (χ1) is 51.0. The van der Waals surface area contributed by atoms with E-state index in [1.54, 1.807) is 0 Å². The van der Waals surface area contributed by atoms with Gasteiger partial charge in [0.1, 0.15) is 39.5 Å². The number of carbonyl (C=O) groups excluding carboxylic acids is 4. The number of nitrogens with zero attached hydrogens (tertiary/aromatic N) is 2. The summed E-state index contributed by atoms with van der Waals surface area (Å²) in [6, 6.07) is 0. The zero-order valence-electron chi connectivity index (χ0n) is 69.7. The van der Waals surface area contributed by atoms with E-state index in [4.69, 9.17) is 37.0 Å². The minimum atomic E-state index is -4.63. The van der Waals surface area contributed by atoms with E-state index in [0.717, 1.165) is 128 Å². The third kappa shape index (κ3) is 84.7. The molecule has 0 fully saturated rings. The van der Waals surface area contributed by atoms with Crippen LogP contribution in [0.15, 0.2) is 60.8 Å². The molecule has 0 saturated carbocycles. The topological polar surface area (TPSA) is 222 Å². The van der Waals surface area contributed by atoms with E-state index < -0.39 is 59.0 Å². The Morgan fingerprint density at radius 1 is 0.292 bits per heavy atom. The number of phosphoric ester groups is 2. The van der Waals surface area contributed by atoms with Crippen molar-refractivity contribution in [3.8, 4) is 0 Å². The third-order valence-electron chi connectivity index (χ3n) is 18.1. The van der Waals surface area contributed by atoms with Crippen LogP contribution in [-0.4, -0.2) is 140 Å². The number of unbranched alkanes of at least 4 members (excludes halogenated alkanes) is 39. The zero-order chi connectivity index (χ0) is 78.6. The quantitative estimate of drug-likeness (QED) is 0.0138. The molecule has 0 N–H and O–H groups in total. The molecule has 0 spiro atoms. The summed E-state index contributed by atoms with van der Waals surface area (Å²) in [6.07, 6.45) is 76.4. The molecule has 20 heteroatoms. The van der Waals surface area contributed by atoms with Crippen LogP contribution in [0.3, 0.4) is 0 Å². The highest BCUT2D eigenvalue weighted by molar-refractivity contribution is 7.46. The van der Waals surface area contributed by atoms with Gasteiger partial charge in [-0.1, -0.05) is 281 Å². The molecule has 0 aromatic carbocycles. The van der Waals surface area contributed by atoms with E-state index >= 15 is 0 Å². The summed E-state index contributed by atoms with van der Waals surface area (Å²) in [7, 11) is 2.31. The monoisotopic (exact) mass is 1540 g/mol. The Kier molecular flexibility index (Phi) is 74.9. The van der Waals surface area contributed by atoms with Crippen molar-refractivity contribution in [2.75, 3.05) is 95.0 Å². The van der Waals surface area contributed by atoms with Gasteiger partial charge in [-0.3, -0.25) is 28.3 Å². The summed E-state index contributed by atoms with van der Waals surface area (Å²) in [5.41, 5.74) is 0. The number of carbonyl (C=O) groups is 4. The highest BCUT2D eigenvalue weighted by Crippen LogP contribution is 2.39. The Balaban J connectivity index is 0. The Morgan fingerprint density at radius 3 is 0.774 bits per heavy atom. The van der Waals surface area contributed by atoms with Crippen LogP contribution in [0.4, 0.5) is 0 Å². The van der Waals surface area contributed by atoms with Gasteiger partial charge in [0, 0.05) is 25.7 Å². The van der Waals surface area contributed by atoms with E-state index in [1.165, 1.54) is 161 Å². The molecule has 106 heavy (non-hydrogen) atoms. The molecular weight excluding hydrogens is 1380 g/mol. The average molecular weight is 1540 g/mol. The van der Waals surface area contributed by atoms with Gasteiger partial charge in [-0.15, -0.1) is 0 Å². The van der Waals surface area contributed by atoms with Gasteiger partial charge in [0.2, 0.25) is 0 Å². The number of likely N-dealkylation sites (N-methyl/N-ethyl adjacent to an activating group) is 2. The standard InChI is InChI=1S/C44H80NO8P.C42H82NO8P/c1-6-8-10-12-14-16-18-20-22-24-26-28-30-32-34-36-43(46)50-40-42(41-52-54(48,49)51-39-38-45(3,4)5)53-44(47)37-35-33-31-29-27-25-23-21-19-17-15-13-11-9-7-2;1-6-8-10-12-14-16-18-20-21-23-25-27-29-31-33-35-42(45)51-40(39-50-52(46,47)49-37-36-43(3,4)5)38-48-41(44)34-32-30-28-26-24-22-19-17-15-13-11-9-7-2/h14-17,20-23,42H,6-13,18-19,24-41H2,1-5H3;20-21,40H,6-19,22-39H2,1-5H3/b16-14-,17-15-,22-20-,23-21-;21-20-/t;40-/m.1/s1. The number of phosphoric acid groups is 2. The van der Waals surface area contributed by atoms with Crippen molar-refractivity contribution < 1.29 is 84.1 Å². The summed E-state index contributed by atoms with van der Waals surface area (Å²) in [4.78, 5) is 74.9. The summed E-state index contributed by atoms with van der Waals surface area (Å²) in [5.74, 6) is -1.71. The van der Waals surface area contributed by atoms with Crippen LogP contribution < -0.4 is 9.79 Å². The fraction of sp³-hybridized carbons (Fsp3) is 0.837. The van der Waals surface area contributed by atoms with Crippen molar-refractivity contribution in [1.82, 2.24) is 0 Å². The first kappa shape index (κ1) is 105. The zero-order valence-corrected chi connectivity index (χ0v) is 71.5. The van der Waals surface area contributed by atoms with Crippen LogP contribution in [0, 0.1) is 0 Å². The lowest BCUT2D eigenvalue weighted by molar-refractivity contribution is -0.870. The fourth-order valence-electron chi connectivity index (χ4n) is 11.3. The van der Waals surface area contributed by atoms with Crippen LogP contribution in [0.25, 0.3) is 0 Å². The Morgan fingerprint density at radius 2 is 0.509 bits per heavy atom. The summed E-state index contributed by atoms with van der Waals surface area (Å²) in [5, 5.41) is 0. The van der Waals surface area contributed by atoms with Crippen molar-refractivity contribution in [1.29, 1.82) is 0 Å². The van der Waals surface area contributed by atoms with Gasteiger partial charge < -0.3 is 55.8 Å². The summed E-state index contributed by atoms with van der Waals surface area (Å²) >= 11 is 0. The van der Waals surface area contributed by atoms with E-state index in [0.29, 0.717) is 41.3 Å². The second-order valence-electron chi connectivity index (χ2n) is 31.1. The molecule has 0 heterocycles. The smallest absolute Gasteiger partial charge is 0.306 e. The van der Waals surface area contributed by atoms with Crippen LogP contribution in [0.5, 0.6) is 0 Å². The van der Waals surface area contributed by atoms with E-state index in [-0.39, 0.29) is 58.1 Å². The van der Waals surface area contributed by atoms with Crippen LogP contribution >= 0.6 is 15.6 Å². The van der Waals surface area contributed by atoms with E-state index in [9.17, 15) is 38.1 Å². The van der Waals surface area contributed by atoms with Gasteiger partial charge in [-0.25, -0.2) is 0 Å². The number of allylic oxidation sites excluding steroid dienone is 10. The van der Waals surface area contributed by atoms with Gasteiger partial charge >= 0.3 is 23.9 Å². The molecule has 0 aliphatic carbocycles. The van der Waals surface area contributed by atoms with E-state index in [1.807, 2.05) is 42.3 Å². The summed E-state index contributed by atoms with van der Waals surface area (Å²) < 4.78 is 67.7. The van der Waals surface area contributed by atoms with Gasteiger partial charge in [-0.2, -0.15) is 0 Å². The predicted octanol–water partition coefficient (Wildman–Crippen LogP) is 22.4. The molecule has 4 atom stereocenters. The molecule has 0 aromatic heterocycles. The molecule has 0 aliphatic rings. The predicted molar refractivity (Wildman–Crippen MR) is 435 cm³/mol.